The van der Waals surface area contributed by atoms with E-state index in [4.69, 9.17) is 9.72 Å². The van der Waals surface area contributed by atoms with Crippen molar-refractivity contribution in [2.45, 2.75) is 64.0 Å². The molecule has 0 bridgehead atoms. The summed E-state index contributed by atoms with van der Waals surface area (Å²) in [6, 6.07) is 9.63. The van der Waals surface area contributed by atoms with Gasteiger partial charge in [0, 0.05) is 24.6 Å². The normalized spacial score (nSPS) is 20.2. The number of benzene rings is 1. The van der Waals surface area contributed by atoms with Crippen molar-refractivity contribution in [1.29, 1.82) is 0 Å². The number of aliphatic hydroxyl groups is 1. The minimum absolute atomic E-state index is 0.0953. The maximum Gasteiger partial charge on any atom is 0.343 e. The lowest BCUT2D eigenvalue weighted by Gasteiger charge is -2.31. The van der Waals surface area contributed by atoms with Crippen LogP contribution >= 0.6 is 0 Å². The number of halogens is 1. The van der Waals surface area contributed by atoms with Gasteiger partial charge in [0.15, 0.2) is 5.60 Å². The second-order valence-electron chi connectivity index (χ2n) is 10.2. The molecule has 6 nitrogen and oxygen atoms in total. The van der Waals surface area contributed by atoms with Crippen molar-refractivity contribution in [3.05, 3.63) is 62.9 Å². The maximum atomic E-state index is 15.3. The number of alkyl halides is 1. The van der Waals surface area contributed by atoms with E-state index in [9.17, 15) is 14.7 Å². The third kappa shape index (κ3) is 3.35. The zero-order valence-corrected chi connectivity index (χ0v) is 20.2. The van der Waals surface area contributed by atoms with Crippen LogP contribution in [-0.2, 0) is 28.3 Å². The first kappa shape index (κ1) is 22.0. The summed E-state index contributed by atoms with van der Waals surface area (Å²) in [5.74, 6) is -0.743. The van der Waals surface area contributed by atoms with Crippen LogP contribution in [0.15, 0.2) is 35.1 Å². The lowest BCUT2D eigenvalue weighted by molar-refractivity contribution is -0.172. The number of pyridine rings is 2. The first-order valence-corrected chi connectivity index (χ1v) is 15.0. The van der Waals surface area contributed by atoms with E-state index in [-0.39, 0.29) is 18.6 Å². The van der Waals surface area contributed by atoms with Crippen molar-refractivity contribution in [1.82, 2.24) is 9.55 Å². The molecule has 33 heavy (non-hydrogen) atoms. The van der Waals surface area contributed by atoms with Crippen LogP contribution in [0.2, 0.25) is 25.7 Å². The molecule has 3 aromatic rings. The zero-order valence-electron chi connectivity index (χ0n) is 19.2. The second kappa shape index (κ2) is 7.33. The molecular formula is C25H27FN2O4Si. The largest absolute Gasteiger partial charge is 0.458 e. The Balaban J connectivity index is 1.68. The standard InChI is InChI=1S/C25H27FN2O4Si/c1-5-25(31)18-10-21-22-14(11-28(21)23(29)17(18)12-32-24(25)30)9-16-15(7-6-8-20(16)27-22)19(26)13-33(2,3)4/h6-10,19,31H,5,11-13H2,1-4H3/t19?,25-/m0/s1. The zero-order chi connectivity index (χ0) is 23.7. The number of carbonyl (C=O) groups excluding carboxylic acids is 1. The molecule has 2 aliphatic rings. The molecule has 5 rings (SSSR count). The molecule has 2 aromatic heterocycles. The van der Waals surface area contributed by atoms with Crippen molar-refractivity contribution < 1.29 is 19.0 Å². The van der Waals surface area contributed by atoms with E-state index in [1.54, 1.807) is 17.6 Å². The Morgan fingerprint density at radius 3 is 2.73 bits per heavy atom. The van der Waals surface area contributed by atoms with Crippen LogP contribution in [0.25, 0.3) is 22.3 Å². The highest BCUT2D eigenvalue weighted by atomic mass is 28.3. The molecule has 8 heteroatoms. The Hall–Kier alpha value is -2.84. The van der Waals surface area contributed by atoms with Gasteiger partial charge in [0.1, 0.15) is 12.8 Å². The molecule has 2 atom stereocenters. The quantitative estimate of drug-likeness (QED) is 0.356. The Morgan fingerprint density at radius 2 is 2.03 bits per heavy atom. The fourth-order valence-corrected chi connectivity index (χ4v) is 6.24. The van der Waals surface area contributed by atoms with Gasteiger partial charge in [-0.3, -0.25) is 4.79 Å². The van der Waals surface area contributed by atoms with E-state index < -0.39 is 25.8 Å². The average Bonchev–Trinajstić information content (AvgIpc) is 3.11. The topological polar surface area (TPSA) is 81.4 Å². The van der Waals surface area contributed by atoms with Crippen molar-refractivity contribution in [2.75, 3.05) is 0 Å². The first-order valence-electron chi connectivity index (χ1n) is 11.3. The molecule has 172 valence electrons. The lowest BCUT2D eigenvalue weighted by atomic mass is 9.86. The van der Waals surface area contributed by atoms with Crippen LogP contribution in [-0.4, -0.2) is 28.7 Å². The third-order valence-corrected chi connectivity index (χ3v) is 8.30. The summed E-state index contributed by atoms with van der Waals surface area (Å²) in [4.78, 5) is 30.4. The second-order valence-corrected chi connectivity index (χ2v) is 15.8. The summed E-state index contributed by atoms with van der Waals surface area (Å²) in [6.45, 7) is 8.27. The summed E-state index contributed by atoms with van der Waals surface area (Å²) in [6.07, 6.45) is -0.973. The van der Waals surface area contributed by atoms with Crippen LogP contribution in [0.5, 0.6) is 0 Å². The van der Waals surface area contributed by atoms with E-state index in [1.165, 1.54) is 0 Å². The van der Waals surface area contributed by atoms with Gasteiger partial charge in [-0.05, 0) is 36.2 Å². The molecule has 0 fully saturated rings. The molecule has 0 amide bonds. The first-order chi connectivity index (χ1) is 15.5. The highest BCUT2D eigenvalue weighted by Crippen LogP contribution is 2.40. The number of nitrogens with zero attached hydrogens (tertiary/aromatic N) is 2. The van der Waals surface area contributed by atoms with Crippen molar-refractivity contribution in [3.63, 3.8) is 0 Å². The number of rotatable bonds is 4. The summed E-state index contributed by atoms with van der Waals surface area (Å²) in [7, 11) is -1.61. The number of aromatic nitrogens is 2. The monoisotopic (exact) mass is 466 g/mol. The van der Waals surface area contributed by atoms with Gasteiger partial charge in [-0.15, -0.1) is 0 Å². The van der Waals surface area contributed by atoms with Gasteiger partial charge >= 0.3 is 5.97 Å². The highest BCUT2D eigenvalue weighted by Gasteiger charge is 2.45. The summed E-state index contributed by atoms with van der Waals surface area (Å²) < 4.78 is 22.0. The number of cyclic esters (lactones) is 1. The average molecular weight is 467 g/mol. The molecule has 1 unspecified atom stereocenters. The van der Waals surface area contributed by atoms with Crippen LogP contribution < -0.4 is 5.56 Å². The molecule has 0 saturated carbocycles. The molecule has 2 aliphatic heterocycles. The number of carbonyl (C=O) groups is 1. The third-order valence-electron chi connectivity index (χ3n) is 6.71. The van der Waals surface area contributed by atoms with E-state index in [0.29, 0.717) is 46.2 Å². The van der Waals surface area contributed by atoms with Gasteiger partial charge in [0.25, 0.3) is 5.56 Å². The van der Waals surface area contributed by atoms with Crippen molar-refractivity contribution >= 4 is 24.9 Å². The van der Waals surface area contributed by atoms with Crippen molar-refractivity contribution in [2.24, 2.45) is 0 Å². The molecule has 0 spiro atoms. The van der Waals surface area contributed by atoms with Gasteiger partial charge in [0.05, 0.1) is 29.0 Å². The summed E-state index contributed by atoms with van der Waals surface area (Å²) in [5, 5.41) is 11.7. The summed E-state index contributed by atoms with van der Waals surface area (Å²) in [5.41, 5.74) is 1.72. The SMILES string of the molecule is CC[C@@]1(O)C(=O)OCc2c1cc1n(c2=O)Cc2cc3c(C(F)C[Si](C)(C)C)cccc3nc2-1. The minimum atomic E-state index is -1.85. The molecule has 4 heterocycles. The number of ether oxygens (including phenoxy) is 1. The van der Waals surface area contributed by atoms with Crippen LogP contribution in [0.1, 0.15) is 41.8 Å². The van der Waals surface area contributed by atoms with E-state index in [0.717, 1.165) is 10.9 Å². The number of fused-ring (bicyclic) bond motifs is 5. The lowest BCUT2D eigenvalue weighted by Crippen LogP contribution is -2.44. The van der Waals surface area contributed by atoms with Gasteiger partial charge in [-0.1, -0.05) is 38.7 Å². The molecule has 0 aliphatic carbocycles. The van der Waals surface area contributed by atoms with Gasteiger partial charge < -0.3 is 14.4 Å². The smallest absolute Gasteiger partial charge is 0.343 e. The van der Waals surface area contributed by atoms with E-state index in [1.807, 2.05) is 24.3 Å². The van der Waals surface area contributed by atoms with E-state index in [2.05, 4.69) is 19.6 Å². The van der Waals surface area contributed by atoms with Crippen LogP contribution in [0.3, 0.4) is 0 Å². The van der Waals surface area contributed by atoms with Crippen LogP contribution in [0, 0.1) is 0 Å². The highest BCUT2D eigenvalue weighted by molar-refractivity contribution is 6.76. The van der Waals surface area contributed by atoms with E-state index >= 15 is 4.39 Å². The van der Waals surface area contributed by atoms with Gasteiger partial charge in [0.2, 0.25) is 0 Å². The molecule has 1 aromatic carbocycles. The van der Waals surface area contributed by atoms with Gasteiger partial charge in [-0.2, -0.15) is 0 Å². The molecular weight excluding hydrogens is 439 g/mol. The number of hydrogen-bond acceptors (Lipinski definition) is 5. The fourth-order valence-electron chi connectivity index (χ4n) is 4.95. The molecule has 0 saturated heterocycles. The van der Waals surface area contributed by atoms with Crippen molar-refractivity contribution in [3.8, 4) is 11.4 Å². The van der Waals surface area contributed by atoms with Crippen LogP contribution in [0.4, 0.5) is 4.39 Å². The molecule has 0 radical (unpaired) electrons. The predicted octanol–water partition coefficient (Wildman–Crippen LogP) is 4.43. The van der Waals surface area contributed by atoms with Gasteiger partial charge in [-0.25, -0.2) is 14.2 Å². The summed E-state index contributed by atoms with van der Waals surface area (Å²) >= 11 is 0. The number of esters is 1. The minimum Gasteiger partial charge on any atom is -0.458 e. The molecule has 1 N–H and O–H groups in total. The Labute approximate surface area is 192 Å². The maximum absolute atomic E-state index is 15.3. The predicted molar refractivity (Wildman–Crippen MR) is 127 cm³/mol. The Bertz CT molecular complexity index is 1380. The fraction of sp³-hybridized carbons (Fsp3) is 0.400. The Kier molecular flexibility index (Phi) is 4.88. The Morgan fingerprint density at radius 1 is 1.27 bits per heavy atom. The number of hydrogen-bond donors (Lipinski definition) is 1.